The minimum Gasteiger partial charge on any atom is -0.355 e. The van der Waals surface area contributed by atoms with Gasteiger partial charge in [-0.2, -0.15) is 4.98 Å². The van der Waals surface area contributed by atoms with Crippen LogP contribution in [0.2, 0.25) is 0 Å². The highest BCUT2D eigenvalue weighted by Gasteiger charge is 2.24. The monoisotopic (exact) mass is 341 g/mol. The van der Waals surface area contributed by atoms with Crippen LogP contribution in [0.3, 0.4) is 0 Å². The van der Waals surface area contributed by atoms with Crippen molar-refractivity contribution >= 4 is 21.8 Å². The van der Waals surface area contributed by atoms with E-state index in [9.17, 15) is 8.42 Å². The largest absolute Gasteiger partial charge is 0.355 e. The molecule has 1 fully saturated rings. The average molecular weight is 341 g/mol. The normalized spacial score (nSPS) is 19.2. The molecule has 1 aromatic heterocycles. The predicted octanol–water partition coefficient (Wildman–Crippen LogP) is 1.15. The smallest absolute Gasteiger partial charge is 0.227 e. The van der Waals surface area contributed by atoms with Gasteiger partial charge in [0.1, 0.15) is 5.82 Å². The number of rotatable bonds is 5. The van der Waals surface area contributed by atoms with Gasteiger partial charge < -0.3 is 9.80 Å². The molecule has 2 heterocycles. The zero-order valence-electron chi connectivity index (χ0n) is 14.6. The minimum absolute atomic E-state index is 0.0692. The molecule has 0 radical (unpaired) electrons. The maximum atomic E-state index is 11.5. The number of sulfonamides is 1. The van der Waals surface area contributed by atoms with E-state index in [2.05, 4.69) is 33.4 Å². The molecule has 1 saturated heterocycles. The van der Waals surface area contributed by atoms with Gasteiger partial charge in [-0.15, -0.1) is 0 Å². The van der Waals surface area contributed by atoms with Crippen molar-refractivity contribution in [3.8, 4) is 0 Å². The molecule has 130 valence electrons. The van der Waals surface area contributed by atoms with E-state index in [0.29, 0.717) is 18.5 Å². The molecule has 1 aliphatic heterocycles. The number of piperidine rings is 1. The van der Waals surface area contributed by atoms with Gasteiger partial charge in [-0.1, -0.05) is 0 Å². The summed E-state index contributed by atoms with van der Waals surface area (Å²) in [6.45, 7) is 7.66. The Morgan fingerprint density at radius 2 is 2.09 bits per heavy atom. The Kier molecular flexibility index (Phi) is 5.46. The van der Waals surface area contributed by atoms with Gasteiger partial charge >= 0.3 is 0 Å². The fourth-order valence-electron chi connectivity index (χ4n) is 2.67. The third-order valence-electron chi connectivity index (χ3n) is 4.05. The third-order valence-corrected chi connectivity index (χ3v) is 4.81. The maximum absolute atomic E-state index is 11.5. The SMILES string of the molecule is Cc1cc(N2CCCC(NS(C)(=O)=O)C2)nc(N(C)C(C)C)n1. The van der Waals surface area contributed by atoms with Gasteiger partial charge in [-0.05, 0) is 33.6 Å². The molecule has 0 saturated carbocycles. The predicted molar refractivity (Wildman–Crippen MR) is 93.5 cm³/mol. The van der Waals surface area contributed by atoms with Crippen LogP contribution in [0.15, 0.2) is 6.07 Å². The number of anilines is 2. The summed E-state index contributed by atoms with van der Waals surface area (Å²) in [6.07, 6.45) is 2.99. The summed E-state index contributed by atoms with van der Waals surface area (Å²) in [4.78, 5) is 13.3. The lowest BCUT2D eigenvalue weighted by Gasteiger charge is -2.34. The van der Waals surface area contributed by atoms with E-state index in [4.69, 9.17) is 0 Å². The van der Waals surface area contributed by atoms with Gasteiger partial charge in [0.15, 0.2) is 0 Å². The quantitative estimate of drug-likeness (QED) is 0.865. The van der Waals surface area contributed by atoms with Crippen molar-refractivity contribution in [1.29, 1.82) is 0 Å². The third kappa shape index (κ3) is 5.04. The van der Waals surface area contributed by atoms with Crippen LogP contribution in [0, 0.1) is 6.92 Å². The number of aryl methyl sites for hydroxylation is 1. The Labute approximate surface area is 139 Å². The number of nitrogens with one attached hydrogen (secondary N) is 1. The van der Waals surface area contributed by atoms with Crippen LogP contribution in [-0.4, -0.2) is 56.9 Å². The van der Waals surface area contributed by atoms with Crippen molar-refractivity contribution in [1.82, 2.24) is 14.7 Å². The summed E-state index contributed by atoms with van der Waals surface area (Å²) in [5.74, 6) is 1.56. The number of hydrogen-bond acceptors (Lipinski definition) is 6. The van der Waals surface area contributed by atoms with Crippen LogP contribution in [0.1, 0.15) is 32.4 Å². The van der Waals surface area contributed by atoms with E-state index < -0.39 is 10.0 Å². The van der Waals surface area contributed by atoms with E-state index >= 15 is 0 Å². The van der Waals surface area contributed by atoms with Crippen LogP contribution in [-0.2, 0) is 10.0 Å². The standard InChI is InChI=1S/C15H27N5O2S/c1-11(2)19(4)15-16-12(3)9-14(17-15)20-8-6-7-13(10-20)18-23(5,21)22/h9,11,13,18H,6-8,10H2,1-5H3. The fraction of sp³-hybridized carbons (Fsp3) is 0.733. The molecule has 0 aromatic carbocycles. The van der Waals surface area contributed by atoms with E-state index in [-0.39, 0.29) is 6.04 Å². The molecular weight excluding hydrogens is 314 g/mol. The zero-order valence-corrected chi connectivity index (χ0v) is 15.4. The van der Waals surface area contributed by atoms with Crippen molar-refractivity contribution in [2.24, 2.45) is 0 Å². The molecule has 0 bridgehead atoms. The summed E-state index contributed by atoms with van der Waals surface area (Å²) in [7, 11) is -1.21. The van der Waals surface area contributed by atoms with Crippen LogP contribution in [0.4, 0.5) is 11.8 Å². The van der Waals surface area contributed by atoms with Crippen LogP contribution >= 0.6 is 0 Å². The van der Waals surface area contributed by atoms with E-state index in [1.807, 2.05) is 24.9 Å². The molecule has 1 atom stereocenters. The highest BCUT2D eigenvalue weighted by Crippen LogP contribution is 2.22. The van der Waals surface area contributed by atoms with Crippen molar-refractivity contribution in [2.45, 2.75) is 45.7 Å². The summed E-state index contributed by atoms with van der Waals surface area (Å²) in [6, 6.07) is 2.20. The Morgan fingerprint density at radius 1 is 1.39 bits per heavy atom. The molecule has 1 aliphatic rings. The first-order valence-corrected chi connectivity index (χ1v) is 9.85. The van der Waals surface area contributed by atoms with Crippen molar-refractivity contribution < 1.29 is 8.42 Å². The van der Waals surface area contributed by atoms with Gasteiger partial charge in [0.05, 0.1) is 6.26 Å². The molecule has 0 spiro atoms. The first kappa shape index (κ1) is 17.9. The number of aromatic nitrogens is 2. The molecule has 8 heteroatoms. The highest BCUT2D eigenvalue weighted by molar-refractivity contribution is 7.88. The Hall–Kier alpha value is -1.41. The van der Waals surface area contributed by atoms with Gasteiger partial charge in [0, 0.05) is 44.0 Å². The second-order valence-electron chi connectivity index (χ2n) is 6.55. The lowest BCUT2D eigenvalue weighted by Crippen LogP contribution is -2.47. The van der Waals surface area contributed by atoms with Crippen LogP contribution in [0.25, 0.3) is 0 Å². The lowest BCUT2D eigenvalue weighted by molar-refractivity contribution is 0.465. The molecule has 1 unspecified atom stereocenters. The number of nitrogens with zero attached hydrogens (tertiary/aromatic N) is 4. The zero-order chi connectivity index (χ0) is 17.2. The summed E-state index contributed by atoms with van der Waals surface area (Å²) in [5, 5.41) is 0. The Bertz CT molecular complexity index is 647. The van der Waals surface area contributed by atoms with Crippen molar-refractivity contribution in [2.75, 3.05) is 36.2 Å². The first-order chi connectivity index (χ1) is 10.7. The van der Waals surface area contributed by atoms with E-state index in [0.717, 1.165) is 30.9 Å². The molecule has 2 rings (SSSR count). The molecule has 7 nitrogen and oxygen atoms in total. The fourth-order valence-corrected chi connectivity index (χ4v) is 3.47. The Balaban J connectivity index is 2.20. The van der Waals surface area contributed by atoms with Gasteiger partial charge in [-0.3, -0.25) is 0 Å². The summed E-state index contributed by atoms with van der Waals surface area (Å²) in [5.41, 5.74) is 0.913. The molecule has 0 amide bonds. The molecule has 23 heavy (non-hydrogen) atoms. The summed E-state index contributed by atoms with van der Waals surface area (Å²) >= 11 is 0. The van der Waals surface area contributed by atoms with E-state index in [1.54, 1.807) is 0 Å². The molecule has 1 aromatic rings. The second kappa shape index (κ2) is 7.00. The van der Waals surface area contributed by atoms with E-state index in [1.165, 1.54) is 6.26 Å². The number of hydrogen-bond donors (Lipinski definition) is 1. The van der Waals surface area contributed by atoms with Gasteiger partial charge in [0.25, 0.3) is 0 Å². The Morgan fingerprint density at radius 3 is 2.70 bits per heavy atom. The van der Waals surface area contributed by atoms with Crippen LogP contribution < -0.4 is 14.5 Å². The molecular formula is C15H27N5O2S. The van der Waals surface area contributed by atoms with Gasteiger partial charge in [-0.25, -0.2) is 18.1 Å². The van der Waals surface area contributed by atoms with Crippen LogP contribution in [0.5, 0.6) is 0 Å². The van der Waals surface area contributed by atoms with Crippen molar-refractivity contribution in [3.63, 3.8) is 0 Å². The average Bonchev–Trinajstić information content (AvgIpc) is 2.44. The minimum atomic E-state index is -3.19. The van der Waals surface area contributed by atoms with Gasteiger partial charge in [0.2, 0.25) is 16.0 Å². The maximum Gasteiger partial charge on any atom is 0.227 e. The second-order valence-corrected chi connectivity index (χ2v) is 8.33. The first-order valence-electron chi connectivity index (χ1n) is 7.96. The lowest BCUT2D eigenvalue weighted by atomic mass is 10.1. The highest BCUT2D eigenvalue weighted by atomic mass is 32.2. The topological polar surface area (TPSA) is 78.4 Å². The molecule has 1 N–H and O–H groups in total. The summed E-state index contributed by atoms with van der Waals surface area (Å²) < 4.78 is 25.6. The van der Waals surface area contributed by atoms with Crippen molar-refractivity contribution in [3.05, 3.63) is 11.8 Å². The molecule has 0 aliphatic carbocycles.